The highest BCUT2D eigenvalue weighted by Crippen LogP contribution is 2.29. The summed E-state index contributed by atoms with van der Waals surface area (Å²) in [5.74, 6) is 0.261. The fourth-order valence-corrected chi connectivity index (χ4v) is 3.61. The number of aldehydes is 1. The molecule has 0 amide bonds. The molecular formula is C17H14N2O4S. The van der Waals surface area contributed by atoms with Gasteiger partial charge in [0, 0.05) is 17.1 Å². The van der Waals surface area contributed by atoms with Gasteiger partial charge in [0.05, 0.1) is 18.3 Å². The number of nitrogens with zero attached hydrogens (tertiary/aromatic N) is 1. The molecule has 3 rings (SSSR count). The fraction of sp³-hybridized carbons (Fsp3) is 0.0588. The van der Waals surface area contributed by atoms with Crippen LogP contribution in [0.1, 0.15) is 10.4 Å². The third-order valence-electron chi connectivity index (χ3n) is 3.49. The molecule has 0 aliphatic rings. The van der Waals surface area contributed by atoms with Gasteiger partial charge in [-0.1, -0.05) is 18.2 Å². The van der Waals surface area contributed by atoms with Gasteiger partial charge in [-0.05, 0) is 30.3 Å². The van der Waals surface area contributed by atoms with Gasteiger partial charge < -0.3 is 4.74 Å². The van der Waals surface area contributed by atoms with Crippen LogP contribution in [0.2, 0.25) is 0 Å². The Bertz CT molecular complexity index is 1010. The van der Waals surface area contributed by atoms with E-state index >= 15 is 0 Å². The first kappa shape index (κ1) is 15.9. The summed E-state index contributed by atoms with van der Waals surface area (Å²) >= 11 is 0. The highest BCUT2D eigenvalue weighted by atomic mass is 32.2. The van der Waals surface area contributed by atoms with Crippen molar-refractivity contribution < 1.29 is 17.9 Å². The van der Waals surface area contributed by atoms with Gasteiger partial charge in [0.1, 0.15) is 16.9 Å². The lowest BCUT2D eigenvalue weighted by molar-refractivity contribution is 0.112. The number of para-hydroxylation sites is 1. The molecule has 1 heterocycles. The first-order chi connectivity index (χ1) is 11.5. The summed E-state index contributed by atoms with van der Waals surface area (Å²) in [4.78, 5) is 15.1. The summed E-state index contributed by atoms with van der Waals surface area (Å²) in [5.41, 5.74) is 1.02. The number of sulfonamides is 1. The molecule has 122 valence electrons. The van der Waals surface area contributed by atoms with Gasteiger partial charge in [0.25, 0.3) is 10.0 Å². The Morgan fingerprint density at radius 3 is 2.67 bits per heavy atom. The molecule has 0 atom stereocenters. The third-order valence-corrected chi connectivity index (χ3v) is 4.89. The Kier molecular flexibility index (Phi) is 4.18. The molecule has 7 heteroatoms. The molecule has 6 nitrogen and oxygen atoms in total. The van der Waals surface area contributed by atoms with Crippen LogP contribution in [-0.4, -0.2) is 26.8 Å². The number of ether oxygens (including phenoxy) is 1. The van der Waals surface area contributed by atoms with Crippen LogP contribution in [0.25, 0.3) is 10.9 Å². The molecule has 0 saturated carbocycles. The molecule has 0 unspecified atom stereocenters. The number of rotatable bonds is 5. The maximum absolute atomic E-state index is 12.8. The van der Waals surface area contributed by atoms with E-state index in [-0.39, 0.29) is 16.3 Å². The number of pyridine rings is 1. The Morgan fingerprint density at radius 1 is 1.12 bits per heavy atom. The second-order valence-corrected chi connectivity index (χ2v) is 6.67. The number of benzene rings is 2. The van der Waals surface area contributed by atoms with Gasteiger partial charge in [0.2, 0.25) is 0 Å². The molecule has 1 aromatic heterocycles. The third kappa shape index (κ3) is 2.93. The summed E-state index contributed by atoms with van der Waals surface area (Å²) in [5, 5.41) is 0.726. The molecule has 0 aliphatic heterocycles. The van der Waals surface area contributed by atoms with Crippen molar-refractivity contribution in [3.05, 3.63) is 60.3 Å². The van der Waals surface area contributed by atoms with Gasteiger partial charge >= 0.3 is 0 Å². The van der Waals surface area contributed by atoms with Gasteiger partial charge in [0.15, 0.2) is 0 Å². The van der Waals surface area contributed by atoms with E-state index in [9.17, 15) is 13.2 Å². The quantitative estimate of drug-likeness (QED) is 0.721. The number of methoxy groups -OCH3 is 1. The molecule has 0 spiro atoms. The zero-order valence-electron chi connectivity index (χ0n) is 12.8. The highest BCUT2D eigenvalue weighted by Gasteiger charge is 2.20. The summed E-state index contributed by atoms with van der Waals surface area (Å²) in [7, 11) is -2.47. The molecular weight excluding hydrogens is 328 g/mol. The number of nitrogens with one attached hydrogen (secondary N) is 1. The number of fused-ring (bicyclic) bond motifs is 1. The van der Waals surface area contributed by atoms with Crippen molar-refractivity contribution in [2.45, 2.75) is 4.90 Å². The molecule has 1 N–H and O–H groups in total. The normalized spacial score (nSPS) is 11.2. The van der Waals surface area contributed by atoms with Crippen molar-refractivity contribution >= 4 is 32.9 Å². The smallest absolute Gasteiger partial charge is 0.264 e. The van der Waals surface area contributed by atoms with Crippen molar-refractivity contribution in [1.29, 1.82) is 0 Å². The Labute approximate surface area is 139 Å². The first-order valence-corrected chi connectivity index (χ1v) is 8.53. The van der Waals surface area contributed by atoms with E-state index in [1.807, 2.05) is 0 Å². The molecule has 0 aliphatic carbocycles. The average molecular weight is 342 g/mol. The zero-order chi connectivity index (χ0) is 17.2. The minimum Gasteiger partial charge on any atom is -0.495 e. The number of hydrogen-bond donors (Lipinski definition) is 1. The van der Waals surface area contributed by atoms with E-state index in [2.05, 4.69) is 9.71 Å². The van der Waals surface area contributed by atoms with Crippen molar-refractivity contribution in [2.24, 2.45) is 0 Å². The predicted molar refractivity (Wildman–Crippen MR) is 90.9 cm³/mol. The lowest BCUT2D eigenvalue weighted by Crippen LogP contribution is -2.14. The number of hydrogen-bond acceptors (Lipinski definition) is 5. The zero-order valence-corrected chi connectivity index (χ0v) is 13.6. The van der Waals surface area contributed by atoms with Crippen molar-refractivity contribution in [2.75, 3.05) is 11.8 Å². The number of aromatic nitrogens is 1. The van der Waals surface area contributed by atoms with E-state index in [0.717, 1.165) is 5.39 Å². The lowest BCUT2D eigenvalue weighted by atomic mass is 10.2. The van der Waals surface area contributed by atoms with Crippen LogP contribution in [0, 0.1) is 0 Å². The Hall–Kier alpha value is -2.93. The maximum Gasteiger partial charge on any atom is 0.264 e. The standard InChI is InChI=1S/C17H14N2O4S/c1-23-15-10-12(11-20)7-8-14(15)19-24(21,22)16-6-2-4-13-5-3-9-18-17(13)16/h2-11,19H,1H3. The summed E-state index contributed by atoms with van der Waals surface area (Å²) in [6.45, 7) is 0. The van der Waals surface area contributed by atoms with E-state index in [4.69, 9.17) is 4.74 Å². The van der Waals surface area contributed by atoms with Crippen LogP contribution in [0.4, 0.5) is 5.69 Å². The van der Waals surface area contributed by atoms with Crippen LogP contribution < -0.4 is 9.46 Å². The number of anilines is 1. The monoisotopic (exact) mass is 342 g/mol. The summed E-state index contributed by atoms with van der Waals surface area (Å²) in [6, 6.07) is 12.9. The van der Waals surface area contributed by atoms with Crippen LogP contribution in [0.3, 0.4) is 0 Å². The minimum absolute atomic E-state index is 0.0714. The van der Waals surface area contributed by atoms with Crippen LogP contribution in [0.5, 0.6) is 5.75 Å². The lowest BCUT2D eigenvalue weighted by Gasteiger charge is -2.13. The second-order valence-electron chi connectivity index (χ2n) is 5.01. The maximum atomic E-state index is 12.8. The largest absolute Gasteiger partial charge is 0.495 e. The van der Waals surface area contributed by atoms with Crippen molar-refractivity contribution in [3.8, 4) is 5.75 Å². The molecule has 24 heavy (non-hydrogen) atoms. The summed E-state index contributed by atoms with van der Waals surface area (Å²) < 4.78 is 33.2. The predicted octanol–water partition coefficient (Wildman–Crippen LogP) is 2.86. The molecule has 2 aromatic carbocycles. The molecule has 0 saturated heterocycles. The van der Waals surface area contributed by atoms with Crippen LogP contribution in [0.15, 0.2) is 59.6 Å². The molecule has 3 aromatic rings. The molecule has 0 radical (unpaired) electrons. The topological polar surface area (TPSA) is 85.4 Å². The van der Waals surface area contributed by atoms with Crippen molar-refractivity contribution in [1.82, 2.24) is 4.98 Å². The Morgan fingerprint density at radius 2 is 1.92 bits per heavy atom. The summed E-state index contributed by atoms with van der Waals surface area (Å²) in [6.07, 6.45) is 2.20. The minimum atomic E-state index is -3.87. The average Bonchev–Trinajstić information content (AvgIpc) is 2.61. The van der Waals surface area contributed by atoms with E-state index in [1.165, 1.54) is 31.4 Å². The Balaban J connectivity index is 2.07. The van der Waals surface area contributed by atoms with Crippen LogP contribution in [-0.2, 0) is 10.0 Å². The van der Waals surface area contributed by atoms with Crippen LogP contribution >= 0.6 is 0 Å². The van der Waals surface area contributed by atoms with Gasteiger partial charge in [-0.15, -0.1) is 0 Å². The SMILES string of the molecule is COc1cc(C=O)ccc1NS(=O)(=O)c1cccc2cccnc12. The van der Waals surface area contributed by atoms with Gasteiger partial charge in [-0.25, -0.2) is 8.42 Å². The number of carbonyl (C=O) groups excluding carboxylic acids is 1. The fourth-order valence-electron chi connectivity index (χ4n) is 2.36. The molecule has 0 bridgehead atoms. The van der Waals surface area contributed by atoms with E-state index in [0.29, 0.717) is 17.4 Å². The van der Waals surface area contributed by atoms with E-state index < -0.39 is 10.0 Å². The second kappa shape index (κ2) is 6.29. The van der Waals surface area contributed by atoms with Crippen molar-refractivity contribution in [3.63, 3.8) is 0 Å². The molecule has 0 fully saturated rings. The first-order valence-electron chi connectivity index (χ1n) is 7.05. The number of carbonyl (C=O) groups is 1. The van der Waals surface area contributed by atoms with Gasteiger partial charge in [-0.2, -0.15) is 0 Å². The van der Waals surface area contributed by atoms with Gasteiger partial charge in [-0.3, -0.25) is 14.5 Å². The highest BCUT2D eigenvalue weighted by molar-refractivity contribution is 7.93. The van der Waals surface area contributed by atoms with E-state index in [1.54, 1.807) is 30.5 Å².